The standard InChI is InChI=1S/C20H36O5/c1-2-3-4-5-6-7-8-9-10-11-12-14-17(21)20(25)18(22)15-13-16-19(23)24/h9-10,12,14,17-18,20-22,25H,2-8,11,13,15-16H2,1H3,(H,23,24)/b10-9-,14-12-. The molecule has 0 spiro atoms. The molecule has 0 aliphatic heterocycles. The Labute approximate surface area is 152 Å². The zero-order chi connectivity index (χ0) is 18.9. The number of carboxylic acid groups (broad SMARTS) is 1. The predicted octanol–water partition coefficient (Wildman–Crippen LogP) is 3.58. The van der Waals surface area contributed by atoms with Crippen LogP contribution >= 0.6 is 0 Å². The molecule has 0 saturated carbocycles. The van der Waals surface area contributed by atoms with Crippen molar-refractivity contribution in [2.45, 2.75) is 95.9 Å². The summed E-state index contributed by atoms with van der Waals surface area (Å²) in [7, 11) is 0. The van der Waals surface area contributed by atoms with Crippen molar-refractivity contribution >= 4 is 5.97 Å². The number of aliphatic carboxylic acids is 1. The third kappa shape index (κ3) is 14.8. The highest BCUT2D eigenvalue weighted by molar-refractivity contribution is 5.66. The lowest BCUT2D eigenvalue weighted by atomic mass is 10.0. The van der Waals surface area contributed by atoms with Crippen molar-refractivity contribution < 1.29 is 25.2 Å². The molecule has 146 valence electrons. The summed E-state index contributed by atoms with van der Waals surface area (Å²) in [6.45, 7) is 2.21. The SMILES string of the molecule is CCCCCCCC/C=C\C/C=C\C(O)C(O)C(O)CCCC(=O)O. The Morgan fingerprint density at radius 3 is 2.28 bits per heavy atom. The van der Waals surface area contributed by atoms with Crippen molar-refractivity contribution in [3.8, 4) is 0 Å². The van der Waals surface area contributed by atoms with E-state index < -0.39 is 24.3 Å². The van der Waals surface area contributed by atoms with E-state index in [1.165, 1.54) is 44.6 Å². The maximum absolute atomic E-state index is 10.4. The lowest BCUT2D eigenvalue weighted by molar-refractivity contribution is -0.137. The van der Waals surface area contributed by atoms with Crippen LogP contribution in [-0.2, 0) is 4.79 Å². The minimum Gasteiger partial charge on any atom is -0.481 e. The lowest BCUT2D eigenvalue weighted by Crippen LogP contribution is -2.36. The van der Waals surface area contributed by atoms with Gasteiger partial charge >= 0.3 is 5.97 Å². The van der Waals surface area contributed by atoms with Gasteiger partial charge in [-0.1, -0.05) is 63.3 Å². The van der Waals surface area contributed by atoms with Crippen LogP contribution in [0.3, 0.4) is 0 Å². The monoisotopic (exact) mass is 356 g/mol. The van der Waals surface area contributed by atoms with Crippen molar-refractivity contribution in [2.24, 2.45) is 0 Å². The summed E-state index contributed by atoms with van der Waals surface area (Å²) >= 11 is 0. The molecule has 3 unspecified atom stereocenters. The molecule has 0 fully saturated rings. The van der Waals surface area contributed by atoms with E-state index in [4.69, 9.17) is 5.11 Å². The van der Waals surface area contributed by atoms with Crippen LogP contribution < -0.4 is 0 Å². The van der Waals surface area contributed by atoms with Crippen LogP contribution in [0.5, 0.6) is 0 Å². The minimum atomic E-state index is -1.29. The Hall–Kier alpha value is -1.17. The molecule has 0 aromatic rings. The number of rotatable bonds is 16. The Morgan fingerprint density at radius 1 is 0.920 bits per heavy atom. The number of carbonyl (C=O) groups is 1. The molecule has 0 radical (unpaired) electrons. The van der Waals surface area contributed by atoms with E-state index in [1.54, 1.807) is 6.08 Å². The maximum Gasteiger partial charge on any atom is 0.303 e. The van der Waals surface area contributed by atoms with Crippen molar-refractivity contribution in [2.75, 3.05) is 0 Å². The summed E-state index contributed by atoms with van der Waals surface area (Å²) in [5, 5.41) is 37.9. The first-order valence-corrected chi connectivity index (χ1v) is 9.56. The summed E-state index contributed by atoms with van der Waals surface area (Å²) in [5.41, 5.74) is 0. The number of unbranched alkanes of at least 4 members (excludes halogenated alkanes) is 6. The van der Waals surface area contributed by atoms with Crippen LogP contribution in [0.2, 0.25) is 0 Å². The van der Waals surface area contributed by atoms with Gasteiger partial charge in [0.1, 0.15) is 12.2 Å². The van der Waals surface area contributed by atoms with E-state index in [2.05, 4.69) is 13.0 Å². The molecule has 0 saturated heterocycles. The van der Waals surface area contributed by atoms with Crippen molar-refractivity contribution in [1.82, 2.24) is 0 Å². The quantitative estimate of drug-likeness (QED) is 0.250. The molecule has 0 rings (SSSR count). The van der Waals surface area contributed by atoms with E-state index in [9.17, 15) is 20.1 Å². The van der Waals surface area contributed by atoms with E-state index in [0.29, 0.717) is 6.42 Å². The smallest absolute Gasteiger partial charge is 0.303 e. The van der Waals surface area contributed by atoms with E-state index >= 15 is 0 Å². The van der Waals surface area contributed by atoms with Crippen molar-refractivity contribution in [1.29, 1.82) is 0 Å². The molecular weight excluding hydrogens is 320 g/mol. The minimum absolute atomic E-state index is 0.0564. The molecular formula is C20H36O5. The van der Waals surface area contributed by atoms with Gasteiger partial charge in [0, 0.05) is 6.42 Å². The predicted molar refractivity (Wildman–Crippen MR) is 100 cm³/mol. The first-order valence-electron chi connectivity index (χ1n) is 9.56. The molecule has 5 nitrogen and oxygen atoms in total. The van der Waals surface area contributed by atoms with Gasteiger partial charge in [-0.25, -0.2) is 0 Å². The number of allylic oxidation sites excluding steroid dienone is 3. The Morgan fingerprint density at radius 2 is 1.60 bits per heavy atom. The molecule has 0 aromatic carbocycles. The van der Waals surface area contributed by atoms with E-state index in [1.807, 2.05) is 6.08 Å². The Kier molecular flexibility index (Phi) is 15.5. The van der Waals surface area contributed by atoms with Crippen LogP contribution in [0.25, 0.3) is 0 Å². The summed E-state index contributed by atoms with van der Waals surface area (Å²) in [6, 6.07) is 0. The fraction of sp³-hybridized carbons (Fsp3) is 0.750. The molecule has 0 bridgehead atoms. The highest BCUT2D eigenvalue weighted by Gasteiger charge is 2.22. The maximum atomic E-state index is 10.4. The summed E-state index contributed by atoms with van der Waals surface area (Å²) in [6.07, 6.45) is 13.6. The molecule has 0 aliphatic carbocycles. The van der Waals surface area contributed by atoms with E-state index in [0.717, 1.165) is 6.42 Å². The lowest BCUT2D eigenvalue weighted by Gasteiger charge is -2.20. The van der Waals surface area contributed by atoms with E-state index in [-0.39, 0.29) is 19.3 Å². The molecule has 4 N–H and O–H groups in total. The number of hydrogen-bond donors (Lipinski definition) is 4. The number of hydrogen-bond acceptors (Lipinski definition) is 4. The normalized spacial score (nSPS) is 15.7. The molecule has 0 amide bonds. The summed E-state index contributed by atoms with van der Waals surface area (Å²) in [5.74, 6) is -0.935. The fourth-order valence-corrected chi connectivity index (χ4v) is 2.53. The average Bonchev–Trinajstić information content (AvgIpc) is 2.58. The fourth-order valence-electron chi connectivity index (χ4n) is 2.53. The Balaban J connectivity index is 3.77. The summed E-state index contributed by atoms with van der Waals surface area (Å²) < 4.78 is 0. The third-order valence-electron chi connectivity index (χ3n) is 4.13. The van der Waals surface area contributed by atoms with Gasteiger partial charge in [0.2, 0.25) is 0 Å². The highest BCUT2D eigenvalue weighted by atomic mass is 16.4. The first-order chi connectivity index (χ1) is 12.0. The zero-order valence-corrected chi connectivity index (χ0v) is 15.5. The van der Waals surface area contributed by atoms with Gasteiger partial charge in [0.05, 0.1) is 6.10 Å². The van der Waals surface area contributed by atoms with Gasteiger partial charge in [-0.3, -0.25) is 4.79 Å². The van der Waals surface area contributed by atoms with Crippen LogP contribution in [0.15, 0.2) is 24.3 Å². The molecule has 5 heteroatoms. The highest BCUT2D eigenvalue weighted by Crippen LogP contribution is 2.10. The number of aliphatic hydroxyl groups is 3. The van der Waals surface area contributed by atoms with Crippen LogP contribution in [0.1, 0.15) is 77.6 Å². The topological polar surface area (TPSA) is 98.0 Å². The third-order valence-corrected chi connectivity index (χ3v) is 4.13. The second-order valence-corrected chi connectivity index (χ2v) is 6.53. The number of aliphatic hydroxyl groups excluding tert-OH is 3. The van der Waals surface area contributed by atoms with Crippen LogP contribution in [0.4, 0.5) is 0 Å². The first kappa shape index (κ1) is 23.8. The van der Waals surface area contributed by atoms with Gasteiger partial charge in [-0.2, -0.15) is 0 Å². The Bertz CT molecular complexity index is 378. The second-order valence-electron chi connectivity index (χ2n) is 6.53. The van der Waals surface area contributed by atoms with Gasteiger partial charge < -0.3 is 20.4 Å². The number of carboxylic acids is 1. The van der Waals surface area contributed by atoms with Crippen LogP contribution in [0, 0.1) is 0 Å². The average molecular weight is 357 g/mol. The van der Waals surface area contributed by atoms with Gasteiger partial charge in [0.25, 0.3) is 0 Å². The molecule has 0 aromatic heterocycles. The van der Waals surface area contributed by atoms with Crippen LogP contribution in [-0.4, -0.2) is 44.7 Å². The molecule has 3 atom stereocenters. The molecule has 0 aliphatic rings. The largest absolute Gasteiger partial charge is 0.481 e. The molecule has 25 heavy (non-hydrogen) atoms. The second kappa shape index (κ2) is 16.3. The van der Waals surface area contributed by atoms with Crippen molar-refractivity contribution in [3.05, 3.63) is 24.3 Å². The zero-order valence-electron chi connectivity index (χ0n) is 15.5. The summed E-state index contributed by atoms with van der Waals surface area (Å²) in [4.78, 5) is 10.4. The van der Waals surface area contributed by atoms with Crippen molar-refractivity contribution in [3.63, 3.8) is 0 Å². The van der Waals surface area contributed by atoms with Gasteiger partial charge in [0.15, 0.2) is 0 Å². The molecule has 0 heterocycles. The van der Waals surface area contributed by atoms with Gasteiger partial charge in [-0.05, 0) is 32.1 Å². The van der Waals surface area contributed by atoms with Gasteiger partial charge in [-0.15, -0.1) is 0 Å².